The predicted octanol–water partition coefficient (Wildman–Crippen LogP) is 4.02. The van der Waals surface area contributed by atoms with Gasteiger partial charge in [0.2, 0.25) is 0 Å². The zero-order chi connectivity index (χ0) is 22.4. The van der Waals surface area contributed by atoms with E-state index in [-0.39, 0.29) is 22.8 Å². The molecule has 0 bridgehead atoms. The third-order valence-electron chi connectivity index (χ3n) is 5.23. The Labute approximate surface area is 198 Å². The molecule has 3 rings (SSSR count). The van der Waals surface area contributed by atoms with Gasteiger partial charge in [-0.2, -0.15) is 5.26 Å². The van der Waals surface area contributed by atoms with E-state index in [4.69, 9.17) is 14.7 Å². The summed E-state index contributed by atoms with van der Waals surface area (Å²) in [6, 6.07) is 20.2. The summed E-state index contributed by atoms with van der Waals surface area (Å²) in [5.74, 6) is 1.01. The first-order valence-electron chi connectivity index (χ1n) is 9.71. The van der Waals surface area contributed by atoms with E-state index in [1.807, 2.05) is 30.3 Å². The second-order valence-corrected chi connectivity index (χ2v) is 7.01. The molecular weight excluding hydrogens is 456 g/mol. The maximum absolute atomic E-state index is 12.1. The summed E-state index contributed by atoms with van der Waals surface area (Å²) >= 11 is 0. The van der Waals surface area contributed by atoms with Gasteiger partial charge in [0, 0.05) is 40.0 Å². The van der Waals surface area contributed by atoms with Gasteiger partial charge in [-0.1, -0.05) is 36.4 Å². The number of ether oxygens (including phenoxy) is 2. The van der Waals surface area contributed by atoms with Crippen molar-refractivity contribution in [3.05, 3.63) is 89.0 Å². The standard InChI is InChI=1S/C25H24N2O4.Cu/c1-17(27-16-19-14-18(15-26)12-13-22(19)28)25(29,20-8-4-6-10-23(20)30-2)21-9-5-7-11-24(21)31-3;/h4-14,16-17,28-29H,1-3H3;/t17-;/m1./s1. The fourth-order valence-electron chi connectivity index (χ4n) is 3.54. The molecule has 1 atom stereocenters. The molecule has 32 heavy (non-hydrogen) atoms. The number of phenols is 1. The number of hydrogen-bond acceptors (Lipinski definition) is 6. The van der Waals surface area contributed by atoms with Crippen LogP contribution in [0.5, 0.6) is 17.2 Å². The van der Waals surface area contributed by atoms with Crippen LogP contribution in [0.2, 0.25) is 0 Å². The third kappa shape index (κ3) is 4.79. The molecule has 169 valence electrons. The summed E-state index contributed by atoms with van der Waals surface area (Å²) in [6.07, 6.45) is 1.46. The van der Waals surface area contributed by atoms with Gasteiger partial charge in [-0.3, -0.25) is 4.99 Å². The quantitative estimate of drug-likeness (QED) is 0.394. The molecule has 0 aliphatic rings. The van der Waals surface area contributed by atoms with Gasteiger partial charge in [0.15, 0.2) is 0 Å². The Morgan fingerprint density at radius 3 is 2.00 bits per heavy atom. The van der Waals surface area contributed by atoms with Gasteiger partial charge in [0.25, 0.3) is 0 Å². The summed E-state index contributed by atoms with van der Waals surface area (Å²) in [7, 11) is 3.08. The topological polar surface area (TPSA) is 95.1 Å². The van der Waals surface area contributed by atoms with Crippen LogP contribution in [0.3, 0.4) is 0 Å². The first-order chi connectivity index (χ1) is 14.9. The van der Waals surface area contributed by atoms with Crippen LogP contribution in [0.1, 0.15) is 29.2 Å². The van der Waals surface area contributed by atoms with Gasteiger partial charge in [0.05, 0.1) is 31.9 Å². The van der Waals surface area contributed by atoms with Crippen LogP contribution < -0.4 is 9.47 Å². The molecule has 0 saturated heterocycles. The minimum atomic E-state index is -1.60. The van der Waals surface area contributed by atoms with Crippen LogP contribution in [-0.4, -0.2) is 36.7 Å². The van der Waals surface area contributed by atoms with Crippen LogP contribution in [-0.2, 0) is 22.7 Å². The van der Waals surface area contributed by atoms with Crippen LogP contribution in [0.15, 0.2) is 71.7 Å². The minimum absolute atomic E-state index is 0. The molecule has 7 heteroatoms. The molecule has 0 unspecified atom stereocenters. The first kappa shape index (κ1) is 25.0. The summed E-state index contributed by atoms with van der Waals surface area (Å²) < 4.78 is 11.0. The zero-order valence-electron chi connectivity index (χ0n) is 17.9. The number of aliphatic imine (C=N–C) groups is 1. The van der Waals surface area contributed by atoms with Gasteiger partial charge in [-0.25, -0.2) is 0 Å². The number of benzene rings is 3. The van der Waals surface area contributed by atoms with E-state index in [1.165, 1.54) is 24.4 Å². The number of phenolic OH excluding ortho intramolecular Hbond substituents is 1. The largest absolute Gasteiger partial charge is 0.507 e. The molecular formula is C25H24CuN2O4. The first-order valence-corrected chi connectivity index (χ1v) is 9.71. The molecule has 2 N–H and O–H groups in total. The molecule has 1 radical (unpaired) electrons. The maximum atomic E-state index is 12.1. The Morgan fingerprint density at radius 1 is 0.969 bits per heavy atom. The molecule has 6 nitrogen and oxygen atoms in total. The second kappa shape index (κ2) is 10.8. The van der Waals surface area contributed by atoms with E-state index < -0.39 is 11.6 Å². The van der Waals surface area contributed by atoms with E-state index in [1.54, 1.807) is 45.4 Å². The Bertz CT molecular complexity index is 1090. The van der Waals surface area contributed by atoms with E-state index in [0.29, 0.717) is 33.8 Å². The Balaban J connectivity index is 0.00000363. The third-order valence-corrected chi connectivity index (χ3v) is 5.23. The van der Waals surface area contributed by atoms with Crippen molar-refractivity contribution in [2.45, 2.75) is 18.6 Å². The Kier molecular flexibility index (Phi) is 8.45. The number of methoxy groups -OCH3 is 2. The molecule has 0 aliphatic heterocycles. The van der Waals surface area contributed by atoms with Crippen molar-refractivity contribution in [1.82, 2.24) is 0 Å². The van der Waals surface area contributed by atoms with Crippen LogP contribution in [0.25, 0.3) is 0 Å². The number of nitriles is 1. The fourth-order valence-corrected chi connectivity index (χ4v) is 3.54. The molecule has 0 saturated carbocycles. The van der Waals surface area contributed by atoms with Gasteiger partial charge >= 0.3 is 0 Å². The van der Waals surface area contributed by atoms with E-state index >= 15 is 0 Å². The Morgan fingerprint density at radius 2 is 1.50 bits per heavy atom. The number of hydrogen-bond donors (Lipinski definition) is 2. The monoisotopic (exact) mass is 479 g/mol. The second-order valence-electron chi connectivity index (χ2n) is 7.01. The number of aromatic hydroxyl groups is 1. The molecule has 3 aromatic rings. The zero-order valence-corrected chi connectivity index (χ0v) is 18.9. The van der Waals surface area contributed by atoms with Gasteiger partial charge in [-0.05, 0) is 37.3 Å². The van der Waals surface area contributed by atoms with Crippen molar-refractivity contribution < 1.29 is 36.8 Å². The molecule has 0 amide bonds. The van der Waals surface area contributed by atoms with Crippen LogP contribution in [0, 0.1) is 11.3 Å². The van der Waals surface area contributed by atoms with E-state index in [2.05, 4.69) is 4.99 Å². The average Bonchev–Trinajstić information content (AvgIpc) is 2.82. The molecule has 0 spiro atoms. The number of nitrogens with zero attached hydrogens (tertiary/aromatic N) is 2. The van der Waals surface area contributed by atoms with Crippen molar-refractivity contribution >= 4 is 6.21 Å². The summed E-state index contributed by atoms with van der Waals surface area (Å²) in [6.45, 7) is 1.76. The average molecular weight is 480 g/mol. The Hall–Kier alpha value is -3.30. The van der Waals surface area contributed by atoms with Crippen molar-refractivity contribution in [2.24, 2.45) is 4.99 Å². The van der Waals surface area contributed by atoms with Gasteiger partial charge in [0.1, 0.15) is 22.8 Å². The predicted molar refractivity (Wildman–Crippen MR) is 119 cm³/mol. The van der Waals surface area contributed by atoms with Crippen LogP contribution in [0.4, 0.5) is 0 Å². The molecule has 0 aliphatic carbocycles. The summed E-state index contributed by atoms with van der Waals surface area (Å²) in [4.78, 5) is 4.55. The summed E-state index contributed by atoms with van der Waals surface area (Å²) in [5, 5.41) is 31.4. The van der Waals surface area contributed by atoms with Crippen molar-refractivity contribution in [2.75, 3.05) is 14.2 Å². The summed E-state index contributed by atoms with van der Waals surface area (Å²) in [5.41, 5.74) is 0.242. The smallest absolute Gasteiger partial charge is 0.144 e. The minimum Gasteiger partial charge on any atom is -0.507 e. The fraction of sp³-hybridized carbons (Fsp3) is 0.200. The molecule has 3 aromatic carbocycles. The number of rotatable bonds is 7. The van der Waals surface area contributed by atoms with E-state index in [9.17, 15) is 10.2 Å². The maximum Gasteiger partial charge on any atom is 0.144 e. The molecule has 0 heterocycles. The van der Waals surface area contributed by atoms with Crippen LogP contribution >= 0.6 is 0 Å². The van der Waals surface area contributed by atoms with Crippen molar-refractivity contribution in [1.29, 1.82) is 5.26 Å². The molecule has 0 fully saturated rings. The number of aliphatic hydroxyl groups is 1. The number of para-hydroxylation sites is 2. The van der Waals surface area contributed by atoms with Crippen molar-refractivity contribution in [3.63, 3.8) is 0 Å². The normalized spacial score (nSPS) is 12.0. The van der Waals surface area contributed by atoms with Gasteiger partial charge in [-0.15, -0.1) is 0 Å². The van der Waals surface area contributed by atoms with Gasteiger partial charge < -0.3 is 19.7 Å². The molecule has 0 aromatic heterocycles. The SMILES string of the molecule is COc1ccccc1C(O)(c1ccccc1OC)[C@@H](C)N=Cc1cc(C#N)ccc1O.[Cu]. The van der Waals surface area contributed by atoms with E-state index in [0.717, 1.165) is 0 Å². The van der Waals surface area contributed by atoms with Crippen molar-refractivity contribution in [3.8, 4) is 23.3 Å².